The summed E-state index contributed by atoms with van der Waals surface area (Å²) in [7, 11) is 1.53. The molecule has 5 N–H and O–H groups in total. The molecule has 0 saturated heterocycles. The zero-order valence-corrected chi connectivity index (χ0v) is 28.3. The number of amides is 2. The van der Waals surface area contributed by atoms with Gasteiger partial charge in [0.25, 0.3) is 5.91 Å². The molecular formula is C38H42ClN5O4. The smallest absolute Gasteiger partial charge is 0.253 e. The zero-order valence-electron chi connectivity index (χ0n) is 27.5. The molecule has 1 heterocycles. The minimum absolute atomic E-state index is 0.0173. The molecule has 2 amide bonds. The van der Waals surface area contributed by atoms with Crippen molar-refractivity contribution in [3.8, 4) is 23.1 Å². The van der Waals surface area contributed by atoms with Gasteiger partial charge in [-0.15, -0.1) is 0 Å². The van der Waals surface area contributed by atoms with Crippen LogP contribution in [-0.4, -0.2) is 37.0 Å². The van der Waals surface area contributed by atoms with Gasteiger partial charge in [0.05, 0.1) is 41.4 Å². The third-order valence-corrected chi connectivity index (χ3v) is 9.20. The van der Waals surface area contributed by atoms with E-state index >= 15 is 0 Å². The highest BCUT2D eigenvalue weighted by Crippen LogP contribution is 2.36. The number of hydrogen-bond donors (Lipinski definition) is 4. The average Bonchev–Trinajstić information content (AvgIpc) is 3.57. The number of nitrogens with zero attached hydrogens (tertiary/aromatic N) is 1. The van der Waals surface area contributed by atoms with Crippen LogP contribution in [0.15, 0.2) is 77.2 Å². The van der Waals surface area contributed by atoms with Crippen LogP contribution in [0.4, 0.5) is 0 Å². The Bertz CT molecular complexity index is 1760. The van der Waals surface area contributed by atoms with Gasteiger partial charge in [-0.05, 0) is 81.0 Å². The highest BCUT2D eigenvalue weighted by Gasteiger charge is 2.28. The van der Waals surface area contributed by atoms with Gasteiger partial charge in [-0.25, -0.2) is 0 Å². The van der Waals surface area contributed by atoms with Gasteiger partial charge in [0.15, 0.2) is 0 Å². The lowest BCUT2D eigenvalue weighted by molar-refractivity contribution is -0.123. The fourth-order valence-corrected chi connectivity index (χ4v) is 6.14. The molecule has 2 atom stereocenters. The van der Waals surface area contributed by atoms with Crippen LogP contribution in [0, 0.1) is 18.3 Å². The standard InChI is InChI=1S/C38H42ClN5O4/c1-23-4-10-27(11-5-23)24(2)42-22-30-16-17-35(48-30)32-19-31(33(39)20-36(32)47-3)37(45)44-34(18-25-6-8-26(21-40)9-7-25)38(46)43-29-14-12-28(41)13-15-29/h4-11,16-17,19-20,24,28-29,34,42H,12-15,18,22,41H2,1-3H3,(H,43,46)(H,44,45)/t24-,28-,29-,34-/m1/s1. The van der Waals surface area contributed by atoms with E-state index in [1.165, 1.54) is 18.2 Å². The number of halogens is 1. The van der Waals surface area contributed by atoms with Gasteiger partial charge in [0.2, 0.25) is 5.91 Å². The number of methoxy groups -OCH3 is 1. The second kappa shape index (κ2) is 16.0. The van der Waals surface area contributed by atoms with Crippen molar-refractivity contribution in [1.29, 1.82) is 5.26 Å². The van der Waals surface area contributed by atoms with Gasteiger partial charge in [0.1, 0.15) is 23.3 Å². The minimum atomic E-state index is -0.889. The highest BCUT2D eigenvalue weighted by molar-refractivity contribution is 6.34. The minimum Gasteiger partial charge on any atom is -0.496 e. The normalized spacial score (nSPS) is 17.2. The highest BCUT2D eigenvalue weighted by atomic mass is 35.5. The van der Waals surface area contributed by atoms with Crippen molar-refractivity contribution in [2.75, 3.05) is 7.11 Å². The van der Waals surface area contributed by atoms with E-state index in [4.69, 9.17) is 26.5 Å². The van der Waals surface area contributed by atoms with Gasteiger partial charge in [-0.2, -0.15) is 5.26 Å². The Labute approximate surface area is 286 Å². The number of carbonyl (C=O) groups is 2. The maximum Gasteiger partial charge on any atom is 0.253 e. The van der Waals surface area contributed by atoms with Crippen molar-refractivity contribution in [2.45, 2.75) is 76.7 Å². The Hall–Kier alpha value is -4.62. The molecule has 0 aliphatic heterocycles. The van der Waals surface area contributed by atoms with Crippen LogP contribution in [0.1, 0.15) is 77.0 Å². The summed E-state index contributed by atoms with van der Waals surface area (Å²) in [6.45, 7) is 4.66. The van der Waals surface area contributed by atoms with Crippen LogP contribution in [0.5, 0.6) is 5.75 Å². The Morgan fingerprint density at radius 3 is 2.42 bits per heavy atom. The fraction of sp³-hybridized carbons (Fsp3) is 0.342. The van der Waals surface area contributed by atoms with E-state index in [0.29, 0.717) is 29.2 Å². The summed E-state index contributed by atoms with van der Waals surface area (Å²) in [5.74, 6) is 0.875. The molecular weight excluding hydrogens is 626 g/mol. The molecule has 9 nitrogen and oxygen atoms in total. The van der Waals surface area contributed by atoms with Crippen molar-refractivity contribution in [3.63, 3.8) is 0 Å². The van der Waals surface area contributed by atoms with Gasteiger partial charge in [-0.1, -0.05) is 53.6 Å². The first-order valence-electron chi connectivity index (χ1n) is 16.3. The van der Waals surface area contributed by atoms with Crippen LogP contribution in [0.2, 0.25) is 5.02 Å². The number of nitrogens with two attached hydrogens (primary N) is 1. The van der Waals surface area contributed by atoms with Crippen molar-refractivity contribution in [3.05, 3.63) is 111 Å². The van der Waals surface area contributed by atoms with Gasteiger partial charge in [0, 0.05) is 30.6 Å². The SMILES string of the molecule is COc1cc(Cl)c(C(=O)N[C@H](Cc2ccc(C#N)cc2)C(=O)N[C@H]2CC[C@H](N)CC2)cc1-c1ccc(CN[C@H](C)c2ccc(C)cc2)o1. The van der Waals surface area contributed by atoms with E-state index in [1.54, 1.807) is 36.4 Å². The Kier molecular flexibility index (Phi) is 11.6. The third-order valence-electron chi connectivity index (χ3n) is 8.88. The van der Waals surface area contributed by atoms with Crippen molar-refractivity contribution >= 4 is 23.4 Å². The van der Waals surface area contributed by atoms with Crippen molar-refractivity contribution in [2.24, 2.45) is 5.73 Å². The number of aryl methyl sites for hydroxylation is 1. The first kappa shape index (κ1) is 34.7. The molecule has 1 aliphatic rings. The Morgan fingerprint density at radius 1 is 1.04 bits per heavy atom. The lowest BCUT2D eigenvalue weighted by atomic mass is 9.91. The number of rotatable bonds is 12. The molecule has 0 radical (unpaired) electrons. The Balaban J connectivity index is 1.34. The zero-order chi connectivity index (χ0) is 34.2. The number of hydrogen-bond acceptors (Lipinski definition) is 7. The molecule has 3 aromatic carbocycles. The molecule has 0 spiro atoms. The number of ether oxygens (including phenoxy) is 1. The first-order valence-corrected chi connectivity index (χ1v) is 16.6. The maximum absolute atomic E-state index is 13.8. The fourth-order valence-electron chi connectivity index (χ4n) is 5.90. The van der Waals surface area contributed by atoms with E-state index in [2.05, 4.69) is 60.1 Å². The number of nitriles is 1. The molecule has 48 heavy (non-hydrogen) atoms. The second-order valence-electron chi connectivity index (χ2n) is 12.5. The van der Waals surface area contributed by atoms with Crippen LogP contribution in [0.3, 0.4) is 0 Å². The number of benzene rings is 3. The van der Waals surface area contributed by atoms with Crippen LogP contribution in [-0.2, 0) is 17.8 Å². The molecule has 1 aromatic heterocycles. The molecule has 250 valence electrons. The van der Waals surface area contributed by atoms with E-state index < -0.39 is 11.9 Å². The van der Waals surface area contributed by atoms with Gasteiger partial charge in [-0.3, -0.25) is 9.59 Å². The van der Waals surface area contributed by atoms with Crippen LogP contribution >= 0.6 is 11.6 Å². The molecule has 10 heteroatoms. The third kappa shape index (κ3) is 8.84. The summed E-state index contributed by atoms with van der Waals surface area (Å²) in [6, 6.07) is 23.7. The summed E-state index contributed by atoms with van der Waals surface area (Å²) in [5.41, 5.74) is 10.5. The molecule has 1 aliphatic carbocycles. The molecule has 1 fully saturated rings. The summed E-state index contributed by atoms with van der Waals surface area (Å²) < 4.78 is 11.8. The van der Waals surface area contributed by atoms with E-state index in [1.807, 2.05) is 12.1 Å². The lowest BCUT2D eigenvalue weighted by Gasteiger charge is -2.29. The second-order valence-corrected chi connectivity index (χ2v) is 12.9. The predicted molar refractivity (Wildman–Crippen MR) is 187 cm³/mol. The quantitative estimate of drug-likeness (QED) is 0.138. The van der Waals surface area contributed by atoms with Gasteiger partial charge >= 0.3 is 0 Å². The van der Waals surface area contributed by atoms with Crippen LogP contribution < -0.4 is 26.4 Å². The predicted octanol–water partition coefficient (Wildman–Crippen LogP) is 6.37. The topological polar surface area (TPSA) is 142 Å². The summed E-state index contributed by atoms with van der Waals surface area (Å²) in [5, 5.41) is 18.9. The lowest BCUT2D eigenvalue weighted by Crippen LogP contribution is -2.51. The van der Waals surface area contributed by atoms with E-state index in [0.717, 1.165) is 37.0 Å². The van der Waals surface area contributed by atoms with Crippen molar-refractivity contribution in [1.82, 2.24) is 16.0 Å². The van der Waals surface area contributed by atoms with Crippen LogP contribution in [0.25, 0.3) is 11.3 Å². The number of nitrogens with one attached hydrogen (secondary N) is 3. The molecule has 0 unspecified atom stereocenters. The molecule has 0 bridgehead atoms. The monoisotopic (exact) mass is 667 g/mol. The largest absolute Gasteiger partial charge is 0.496 e. The molecule has 5 rings (SSSR count). The molecule has 4 aromatic rings. The summed E-state index contributed by atoms with van der Waals surface area (Å²) >= 11 is 6.62. The average molecular weight is 668 g/mol. The van der Waals surface area contributed by atoms with E-state index in [-0.39, 0.29) is 41.0 Å². The molecule has 1 saturated carbocycles. The Morgan fingerprint density at radius 2 is 1.75 bits per heavy atom. The van der Waals surface area contributed by atoms with E-state index in [9.17, 15) is 14.9 Å². The van der Waals surface area contributed by atoms with Gasteiger partial charge < -0.3 is 30.8 Å². The number of furan rings is 1. The maximum atomic E-state index is 13.8. The first-order chi connectivity index (χ1) is 23.1. The summed E-state index contributed by atoms with van der Waals surface area (Å²) in [6.07, 6.45) is 3.45. The van der Waals surface area contributed by atoms with Crippen molar-refractivity contribution < 1.29 is 18.7 Å². The summed E-state index contributed by atoms with van der Waals surface area (Å²) in [4.78, 5) is 27.4. The number of carbonyl (C=O) groups excluding carboxylic acids is 2.